The van der Waals surface area contributed by atoms with Crippen molar-refractivity contribution in [2.45, 2.75) is 19.4 Å². The number of aryl methyl sites for hydroxylation is 1. The van der Waals surface area contributed by atoms with E-state index in [9.17, 15) is 4.79 Å². The lowest BCUT2D eigenvalue weighted by Gasteiger charge is -2.17. The molecule has 1 aliphatic rings. The lowest BCUT2D eigenvalue weighted by Crippen LogP contribution is -2.37. The second kappa shape index (κ2) is 7.17. The first-order valence-electron chi connectivity index (χ1n) is 8.41. The van der Waals surface area contributed by atoms with E-state index >= 15 is 0 Å². The minimum atomic E-state index is -0.0625. The van der Waals surface area contributed by atoms with Crippen LogP contribution in [0.1, 0.15) is 21.1 Å². The molecule has 1 amide bonds. The van der Waals surface area contributed by atoms with E-state index in [4.69, 9.17) is 0 Å². The third kappa shape index (κ3) is 3.55. The summed E-state index contributed by atoms with van der Waals surface area (Å²) in [6, 6.07) is 5.82. The summed E-state index contributed by atoms with van der Waals surface area (Å²) in [6.45, 7) is 3.40. The highest BCUT2D eigenvalue weighted by molar-refractivity contribution is 7.13. The van der Waals surface area contributed by atoms with Crippen molar-refractivity contribution in [2.24, 2.45) is 0 Å². The number of rotatable bonds is 4. The third-order valence-electron chi connectivity index (χ3n) is 4.25. The monoisotopic (exact) mass is 366 g/mol. The number of pyridine rings is 1. The molecule has 0 bridgehead atoms. The number of nitrogens with one attached hydrogen (secondary N) is 1. The molecule has 1 saturated heterocycles. The molecule has 132 valence electrons. The number of anilines is 1. The van der Waals surface area contributed by atoms with Crippen molar-refractivity contribution in [1.29, 1.82) is 0 Å². The van der Waals surface area contributed by atoms with Gasteiger partial charge in [0.1, 0.15) is 4.88 Å². The summed E-state index contributed by atoms with van der Waals surface area (Å²) in [5.41, 5.74) is 1.80. The van der Waals surface area contributed by atoms with Crippen molar-refractivity contribution in [1.82, 2.24) is 25.3 Å². The van der Waals surface area contributed by atoms with Crippen LogP contribution < -0.4 is 10.2 Å². The molecule has 3 aromatic heterocycles. The molecule has 4 heterocycles. The Morgan fingerprint density at radius 3 is 2.96 bits per heavy atom. The molecule has 1 aliphatic heterocycles. The van der Waals surface area contributed by atoms with Crippen LogP contribution in [0.3, 0.4) is 0 Å². The Morgan fingerprint density at radius 2 is 2.19 bits per heavy atom. The molecule has 4 rings (SSSR count). The van der Waals surface area contributed by atoms with Crippen LogP contribution in [-0.2, 0) is 0 Å². The molecule has 1 unspecified atom stereocenters. The number of hydrogen-bond acceptors (Lipinski definition) is 7. The van der Waals surface area contributed by atoms with Crippen molar-refractivity contribution < 1.29 is 4.79 Å². The second-order valence-electron chi connectivity index (χ2n) is 6.13. The maximum atomic E-state index is 12.3. The summed E-state index contributed by atoms with van der Waals surface area (Å²) < 4.78 is 0. The molecule has 26 heavy (non-hydrogen) atoms. The van der Waals surface area contributed by atoms with Crippen molar-refractivity contribution in [3.05, 3.63) is 52.9 Å². The van der Waals surface area contributed by atoms with Crippen LogP contribution in [0.15, 0.2) is 43.0 Å². The molecule has 0 aromatic carbocycles. The van der Waals surface area contributed by atoms with Gasteiger partial charge in [-0.15, -0.1) is 11.3 Å². The predicted molar refractivity (Wildman–Crippen MR) is 100 cm³/mol. The number of aromatic nitrogens is 4. The molecule has 3 aromatic rings. The van der Waals surface area contributed by atoms with Crippen LogP contribution in [0, 0.1) is 6.92 Å². The highest BCUT2D eigenvalue weighted by atomic mass is 32.1. The summed E-state index contributed by atoms with van der Waals surface area (Å²) in [5.74, 6) is 0.615. The Balaban J connectivity index is 1.43. The fourth-order valence-electron chi connectivity index (χ4n) is 2.96. The lowest BCUT2D eigenvalue weighted by molar-refractivity contribution is 0.0944. The fourth-order valence-corrected chi connectivity index (χ4v) is 3.64. The normalized spacial score (nSPS) is 16.7. The maximum absolute atomic E-state index is 12.3. The van der Waals surface area contributed by atoms with Crippen molar-refractivity contribution in [3.8, 4) is 11.3 Å². The van der Waals surface area contributed by atoms with E-state index in [-0.39, 0.29) is 11.9 Å². The Hall–Kier alpha value is -2.87. The van der Waals surface area contributed by atoms with Gasteiger partial charge in [-0.1, -0.05) is 0 Å². The van der Waals surface area contributed by atoms with Crippen molar-refractivity contribution in [2.75, 3.05) is 18.0 Å². The third-order valence-corrected chi connectivity index (χ3v) is 5.16. The number of carbonyl (C=O) groups excluding carboxylic acids is 1. The first-order valence-corrected chi connectivity index (χ1v) is 9.22. The summed E-state index contributed by atoms with van der Waals surface area (Å²) in [7, 11) is 0. The van der Waals surface area contributed by atoms with E-state index in [1.807, 2.05) is 25.1 Å². The maximum Gasteiger partial charge on any atom is 0.263 e. The quantitative estimate of drug-likeness (QED) is 0.763. The Labute approximate surface area is 155 Å². The predicted octanol–water partition coefficient (Wildman–Crippen LogP) is 2.31. The van der Waals surface area contributed by atoms with Gasteiger partial charge < -0.3 is 10.2 Å². The topological polar surface area (TPSA) is 83.9 Å². The van der Waals surface area contributed by atoms with Gasteiger partial charge in [-0.25, -0.2) is 15.0 Å². The number of amides is 1. The SMILES string of the molecule is Cc1ncc(C(=O)NC2CCN(c3nccc(-c4cccnc4)n3)C2)s1. The van der Waals surface area contributed by atoms with Gasteiger partial charge in [-0.3, -0.25) is 9.78 Å². The molecule has 7 nitrogen and oxygen atoms in total. The van der Waals surface area contributed by atoms with Gasteiger partial charge in [0.2, 0.25) is 5.95 Å². The Morgan fingerprint density at radius 1 is 1.27 bits per heavy atom. The van der Waals surface area contributed by atoms with E-state index in [0.29, 0.717) is 17.4 Å². The minimum Gasteiger partial charge on any atom is -0.347 e. The average Bonchev–Trinajstić information content (AvgIpc) is 3.32. The van der Waals surface area contributed by atoms with Crippen LogP contribution in [-0.4, -0.2) is 45.0 Å². The highest BCUT2D eigenvalue weighted by Gasteiger charge is 2.26. The van der Waals surface area contributed by atoms with E-state index in [1.54, 1.807) is 24.8 Å². The van der Waals surface area contributed by atoms with Crippen molar-refractivity contribution in [3.63, 3.8) is 0 Å². The molecule has 1 N–H and O–H groups in total. The molecule has 0 aliphatic carbocycles. The zero-order valence-corrected chi connectivity index (χ0v) is 15.1. The highest BCUT2D eigenvalue weighted by Crippen LogP contribution is 2.21. The number of hydrogen-bond donors (Lipinski definition) is 1. The molecule has 0 spiro atoms. The van der Waals surface area contributed by atoms with Gasteiger partial charge in [-0.2, -0.15) is 0 Å². The smallest absolute Gasteiger partial charge is 0.263 e. The fraction of sp³-hybridized carbons (Fsp3) is 0.278. The summed E-state index contributed by atoms with van der Waals surface area (Å²) in [5, 5.41) is 3.97. The number of thiazole rings is 1. The van der Waals surface area contributed by atoms with Gasteiger partial charge in [-0.05, 0) is 31.5 Å². The molecule has 1 fully saturated rings. The molecular weight excluding hydrogens is 348 g/mol. The lowest BCUT2D eigenvalue weighted by atomic mass is 10.2. The summed E-state index contributed by atoms with van der Waals surface area (Å²) >= 11 is 1.41. The number of carbonyl (C=O) groups is 1. The van der Waals surface area contributed by atoms with Crippen LogP contribution >= 0.6 is 11.3 Å². The largest absolute Gasteiger partial charge is 0.347 e. The van der Waals surface area contributed by atoms with Gasteiger partial charge in [0, 0.05) is 43.3 Å². The van der Waals surface area contributed by atoms with Crippen LogP contribution in [0.2, 0.25) is 0 Å². The molecule has 8 heteroatoms. The van der Waals surface area contributed by atoms with Crippen LogP contribution in [0.5, 0.6) is 0 Å². The Kier molecular flexibility index (Phi) is 4.57. The van der Waals surface area contributed by atoms with Crippen LogP contribution in [0.25, 0.3) is 11.3 Å². The first-order chi connectivity index (χ1) is 12.7. The van der Waals surface area contributed by atoms with Gasteiger partial charge in [0.25, 0.3) is 5.91 Å². The standard InChI is InChI=1S/C18H18N6OS/c1-12-21-10-16(26-12)17(25)22-14-5-8-24(11-14)18-20-7-4-15(23-18)13-3-2-6-19-9-13/h2-4,6-7,9-10,14H,5,8,11H2,1H3,(H,22,25). The first kappa shape index (κ1) is 16.6. The van der Waals surface area contributed by atoms with Crippen molar-refractivity contribution >= 4 is 23.2 Å². The van der Waals surface area contributed by atoms with Gasteiger partial charge in [0.15, 0.2) is 0 Å². The van der Waals surface area contributed by atoms with E-state index in [0.717, 1.165) is 29.2 Å². The molecule has 1 atom stereocenters. The molecular formula is C18H18N6OS. The second-order valence-corrected chi connectivity index (χ2v) is 7.37. The molecule has 0 radical (unpaired) electrons. The van der Waals surface area contributed by atoms with Crippen LogP contribution in [0.4, 0.5) is 5.95 Å². The zero-order valence-electron chi connectivity index (χ0n) is 14.3. The van der Waals surface area contributed by atoms with E-state index in [1.165, 1.54) is 11.3 Å². The zero-order chi connectivity index (χ0) is 17.9. The summed E-state index contributed by atoms with van der Waals surface area (Å²) in [6.07, 6.45) is 7.78. The van der Waals surface area contributed by atoms with E-state index in [2.05, 4.69) is 30.2 Å². The van der Waals surface area contributed by atoms with Gasteiger partial charge in [0.05, 0.1) is 16.9 Å². The Bertz CT molecular complexity index is 913. The minimum absolute atomic E-state index is 0.0625. The van der Waals surface area contributed by atoms with Gasteiger partial charge >= 0.3 is 0 Å². The average molecular weight is 366 g/mol. The van der Waals surface area contributed by atoms with E-state index < -0.39 is 0 Å². The molecule has 0 saturated carbocycles. The number of nitrogens with zero attached hydrogens (tertiary/aromatic N) is 5. The summed E-state index contributed by atoms with van der Waals surface area (Å²) in [4.78, 5) is 32.4.